The number of unbranched alkanes of at least 4 members (excludes halogenated alkanes) is 2. The zero-order valence-corrected chi connectivity index (χ0v) is 8.59. The van der Waals surface area contributed by atoms with Gasteiger partial charge in [0.15, 0.2) is 0 Å². The molecule has 13 heavy (non-hydrogen) atoms. The summed E-state index contributed by atoms with van der Waals surface area (Å²) in [5.41, 5.74) is 0. The van der Waals surface area contributed by atoms with Crippen LogP contribution in [-0.2, 0) is 14.6 Å². The quantitative estimate of drug-likeness (QED) is 0.394. The van der Waals surface area contributed by atoms with Gasteiger partial charge >= 0.3 is 10.4 Å². The van der Waals surface area contributed by atoms with Crippen LogP contribution in [0.15, 0.2) is 12.7 Å². The lowest BCUT2D eigenvalue weighted by atomic mass is 10.1. The van der Waals surface area contributed by atoms with Crippen LogP contribution in [0.3, 0.4) is 0 Å². The molecule has 0 aromatic heterocycles. The lowest BCUT2D eigenvalue weighted by molar-refractivity contribution is 0.208. The molecule has 0 bridgehead atoms. The molecule has 0 rings (SSSR count). The topological polar surface area (TPSA) is 63.6 Å². The summed E-state index contributed by atoms with van der Waals surface area (Å²) in [4.78, 5) is 0. The second kappa shape index (κ2) is 6.12. The number of hydrogen-bond donors (Lipinski definition) is 1. The lowest BCUT2D eigenvalue weighted by Crippen LogP contribution is -2.15. The first kappa shape index (κ1) is 12.6. The molecule has 0 amide bonds. The van der Waals surface area contributed by atoms with Crippen LogP contribution in [0.5, 0.6) is 0 Å². The van der Waals surface area contributed by atoms with Crippen LogP contribution in [0.25, 0.3) is 0 Å². The van der Waals surface area contributed by atoms with Gasteiger partial charge in [-0.3, -0.25) is 4.55 Å². The largest absolute Gasteiger partial charge is 0.397 e. The van der Waals surface area contributed by atoms with Crippen LogP contribution in [0, 0.1) is 0 Å². The SMILES string of the molecule is C=CC(CCCCC)OS(=O)(=O)O. The molecule has 0 radical (unpaired) electrons. The summed E-state index contributed by atoms with van der Waals surface area (Å²) in [5, 5.41) is 0. The van der Waals surface area contributed by atoms with Gasteiger partial charge in [-0.25, -0.2) is 4.18 Å². The smallest absolute Gasteiger partial charge is 0.264 e. The first-order valence-corrected chi connectivity index (χ1v) is 5.64. The van der Waals surface area contributed by atoms with Gasteiger partial charge in [0.25, 0.3) is 0 Å². The highest BCUT2D eigenvalue weighted by atomic mass is 32.3. The van der Waals surface area contributed by atoms with E-state index in [2.05, 4.69) is 10.8 Å². The molecule has 1 atom stereocenters. The summed E-state index contributed by atoms with van der Waals surface area (Å²) in [6.07, 6.45) is 4.26. The van der Waals surface area contributed by atoms with E-state index in [1.54, 1.807) is 0 Å². The van der Waals surface area contributed by atoms with Crippen molar-refractivity contribution >= 4 is 10.4 Å². The predicted molar refractivity (Wildman–Crippen MR) is 50.8 cm³/mol. The minimum atomic E-state index is -4.34. The first-order valence-electron chi connectivity index (χ1n) is 4.28. The maximum absolute atomic E-state index is 10.3. The van der Waals surface area contributed by atoms with E-state index in [9.17, 15) is 8.42 Å². The molecular weight excluding hydrogens is 192 g/mol. The van der Waals surface area contributed by atoms with Crippen molar-refractivity contribution in [3.63, 3.8) is 0 Å². The van der Waals surface area contributed by atoms with E-state index in [-0.39, 0.29) is 0 Å². The Bertz CT molecular complexity index is 233. The van der Waals surface area contributed by atoms with Crippen LogP contribution in [0.4, 0.5) is 0 Å². The van der Waals surface area contributed by atoms with Gasteiger partial charge in [0.1, 0.15) is 0 Å². The highest BCUT2D eigenvalue weighted by Gasteiger charge is 2.12. The Balaban J connectivity index is 3.84. The van der Waals surface area contributed by atoms with E-state index < -0.39 is 16.5 Å². The van der Waals surface area contributed by atoms with E-state index in [1.807, 2.05) is 6.92 Å². The summed E-state index contributed by atoms with van der Waals surface area (Å²) < 4.78 is 33.4. The molecule has 0 aliphatic carbocycles. The molecule has 0 heterocycles. The zero-order chi connectivity index (χ0) is 10.3. The summed E-state index contributed by atoms with van der Waals surface area (Å²) in [6, 6.07) is 0. The molecule has 1 N–H and O–H groups in total. The summed E-state index contributed by atoms with van der Waals surface area (Å²) in [6.45, 7) is 5.47. The molecule has 78 valence electrons. The predicted octanol–water partition coefficient (Wildman–Crippen LogP) is 1.94. The Morgan fingerprint density at radius 3 is 2.54 bits per heavy atom. The van der Waals surface area contributed by atoms with Crippen molar-refractivity contribution in [1.29, 1.82) is 0 Å². The molecule has 0 aromatic rings. The summed E-state index contributed by atoms with van der Waals surface area (Å²) >= 11 is 0. The molecular formula is C8H16O4S. The highest BCUT2D eigenvalue weighted by molar-refractivity contribution is 7.80. The van der Waals surface area contributed by atoms with Gasteiger partial charge in [-0.2, -0.15) is 8.42 Å². The normalized spacial score (nSPS) is 14.0. The fraction of sp³-hybridized carbons (Fsp3) is 0.750. The summed E-state index contributed by atoms with van der Waals surface area (Å²) in [5.74, 6) is 0. The van der Waals surface area contributed by atoms with E-state index >= 15 is 0 Å². The number of hydrogen-bond acceptors (Lipinski definition) is 3. The van der Waals surface area contributed by atoms with E-state index in [0.717, 1.165) is 19.3 Å². The van der Waals surface area contributed by atoms with Crippen molar-refractivity contribution in [2.24, 2.45) is 0 Å². The van der Waals surface area contributed by atoms with Crippen molar-refractivity contribution in [3.05, 3.63) is 12.7 Å². The van der Waals surface area contributed by atoms with Gasteiger partial charge in [-0.15, -0.1) is 6.58 Å². The summed E-state index contributed by atoms with van der Waals surface area (Å²) in [7, 11) is -4.34. The average molecular weight is 208 g/mol. The van der Waals surface area contributed by atoms with Crippen molar-refractivity contribution in [3.8, 4) is 0 Å². The van der Waals surface area contributed by atoms with Crippen LogP contribution in [0.1, 0.15) is 32.6 Å². The number of rotatable bonds is 7. The Labute approximate surface area is 79.6 Å². The second-order valence-electron chi connectivity index (χ2n) is 2.79. The van der Waals surface area contributed by atoms with Gasteiger partial charge < -0.3 is 0 Å². The molecule has 0 saturated heterocycles. The van der Waals surface area contributed by atoms with Crippen molar-refractivity contribution < 1.29 is 17.2 Å². The fourth-order valence-corrected chi connectivity index (χ4v) is 1.44. The Hall–Kier alpha value is -0.390. The van der Waals surface area contributed by atoms with Crippen LogP contribution < -0.4 is 0 Å². The van der Waals surface area contributed by atoms with Gasteiger partial charge in [0.05, 0.1) is 6.10 Å². The molecule has 5 heteroatoms. The average Bonchev–Trinajstić information content (AvgIpc) is 2.01. The van der Waals surface area contributed by atoms with Crippen molar-refractivity contribution in [2.45, 2.75) is 38.7 Å². The maximum atomic E-state index is 10.3. The van der Waals surface area contributed by atoms with Gasteiger partial charge in [0.2, 0.25) is 0 Å². The van der Waals surface area contributed by atoms with Gasteiger partial charge in [-0.1, -0.05) is 32.3 Å². The van der Waals surface area contributed by atoms with Crippen LogP contribution in [-0.4, -0.2) is 19.1 Å². The minimum absolute atomic E-state index is 0.567. The zero-order valence-electron chi connectivity index (χ0n) is 7.77. The Morgan fingerprint density at radius 2 is 2.15 bits per heavy atom. The molecule has 0 saturated carbocycles. The molecule has 0 spiro atoms. The Kier molecular flexibility index (Phi) is 5.94. The monoisotopic (exact) mass is 208 g/mol. The van der Waals surface area contributed by atoms with E-state index in [1.165, 1.54) is 6.08 Å². The first-order chi connectivity index (χ1) is 5.99. The minimum Gasteiger partial charge on any atom is -0.264 e. The second-order valence-corrected chi connectivity index (χ2v) is 3.84. The van der Waals surface area contributed by atoms with Gasteiger partial charge in [-0.05, 0) is 6.42 Å². The molecule has 1 unspecified atom stereocenters. The van der Waals surface area contributed by atoms with Crippen LogP contribution in [0.2, 0.25) is 0 Å². The van der Waals surface area contributed by atoms with Crippen LogP contribution >= 0.6 is 0 Å². The third-order valence-corrected chi connectivity index (χ3v) is 2.09. The third kappa shape index (κ3) is 7.95. The Morgan fingerprint density at radius 1 is 1.54 bits per heavy atom. The van der Waals surface area contributed by atoms with Crippen molar-refractivity contribution in [2.75, 3.05) is 0 Å². The molecule has 0 fully saturated rings. The molecule has 0 aliphatic rings. The van der Waals surface area contributed by atoms with E-state index in [0.29, 0.717) is 6.42 Å². The van der Waals surface area contributed by atoms with Gasteiger partial charge in [0, 0.05) is 0 Å². The molecule has 4 nitrogen and oxygen atoms in total. The maximum Gasteiger partial charge on any atom is 0.397 e. The van der Waals surface area contributed by atoms with E-state index in [4.69, 9.17) is 4.55 Å². The molecule has 0 aromatic carbocycles. The standard InChI is InChI=1S/C8H16O4S/c1-3-5-6-7-8(4-2)12-13(9,10)11/h4,8H,2-3,5-7H2,1H3,(H,9,10,11). The molecule has 0 aliphatic heterocycles. The highest BCUT2D eigenvalue weighted by Crippen LogP contribution is 2.09. The lowest BCUT2D eigenvalue weighted by Gasteiger charge is -2.09. The third-order valence-electron chi connectivity index (χ3n) is 1.60. The fourth-order valence-electron chi connectivity index (χ4n) is 0.957. The van der Waals surface area contributed by atoms with Crippen molar-refractivity contribution in [1.82, 2.24) is 0 Å².